The van der Waals surface area contributed by atoms with Crippen LogP contribution in [0.15, 0.2) is 18.6 Å². The Balaban J connectivity index is 0.00000121. The van der Waals surface area contributed by atoms with Crippen molar-refractivity contribution in [3.63, 3.8) is 0 Å². The summed E-state index contributed by atoms with van der Waals surface area (Å²) < 4.78 is 4.34. The molecule has 22 heavy (non-hydrogen) atoms. The number of nitrogens with two attached hydrogens (primary N) is 1. The zero-order chi connectivity index (χ0) is 14.1. The third kappa shape index (κ3) is 3.83. The second-order valence-electron chi connectivity index (χ2n) is 5.95. The molecule has 7 heteroatoms. The average Bonchev–Trinajstić information content (AvgIpc) is 2.98. The van der Waals surface area contributed by atoms with Crippen LogP contribution >= 0.6 is 24.8 Å². The van der Waals surface area contributed by atoms with E-state index in [1.54, 1.807) is 0 Å². The highest BCUT2D eigenvalue weighted by atomic mass is 35.5. The van der Waals surface area contributed by atoms with Crippen molar-refractivity contribution >= 4 is 24.8 Å². The second-order valence-corrected chi connectivity index (χ2v) is 5.95. The van der Waals surface area contributed by atoms with E-state index < -0.39 is 0 Å². The van der Waals surface area contributed by atoms with Crippen molar-refractivity contribution in [2.45, 2.75) is 45.2 Å². The van der Waals surface area contributed by atoms with E-state index in [-0.39, 0.29) is 24.8 Å². The number of aryl methyl sites for hydroxylation is 1. The van der Waals surface area contributed by atoms with Crippen molar-refractivity contribution in [2.24, 2.45) is 18.7 Å². The van der Waals surface area contributed by atoms with Crippen LogP contribution in [0.1, 0.15) is 31.5 Å². The van der Waals surface area contributed by atoms with Gasteiger partial charge in [-0.15, -0.1) is 24.8 Å². The summed E-state index contributed by atoms with van der Waals surface area (Å²) in [7, 11) is 2.03. The highest BCUT2D eigenvalue weighted by Crippen LogP contribution is 2.26. The molecule has 1 saturated carbocycles. The number of nitrogens with zero attached hydrogens (tertiary/aromatic N) is 4. The molecule has 3 rings (SSSR count). The molecule has 0 bridgehead atoms. The van der Waals surface area contributed by atoms with Crippen molar-refractivity contribution in [3.05, 3.63) is 24.4 Å². The van der Waals surface area contributed by atoms with Crippen molar-refractivity contribution in [1.29, 1.82) is 0 Å². The first-order valence-electron chi connectivity index (χ1n) is 7.40. The van der Waals surface area contributed by atoms with Crippen LogP contribution < -0.4 is 5.73 Å². The molecule has 0 aliphatic heterocycles. The Morgan fingerprint density at radius 3 is 2.68 bits per heavy atom. The lowest BCUT2D eigenvalue weighted by Crippen LogP contribution is -2.29. The van der Waals surface area contributed by atoms with Gasteiger partial charge < -0.3 is 14.9 Å². The van der Waals surface area contributed by atoms with Gasteiger partial charge in [0.05, 0.1) is 6.20 Å². The molecule has 2 atom stereocenters. The van der Waals surface area contributed by atoms with Gasteiger partial charge in [-0.2, -0.15) is 0 Å². The molecule has 2 heterocycles. The molecule has 2 aromatic rings. The summed E-state index contributed by atoms with van der Waals surface area (Å²) in [5.41, 5.74) is 7.17. The van der Waals surface area contributed by atoms with E-state index in [4.69, 9.17) is 5.73 Å². The Labute approximate surface area is 144 Å². The van der Waals surface area contributed by atoms with Gasteiger partial charge in [0.1, 0.15) is 11.5 Å². The fourth-order valence-corrected chi connectivity index (χ4v) is 3.18. The van der Waals surface area contributed by atoms with Crippen molar-refractivity contribution in [3.8, 4) is 11.5 Å². The van der Waals surface area contributed by atoms with Gasteiger partial charge in [-0.05, 0) is 32.1 Å². The minimum atomic E-state index is 0. The molecule has 2 N–H and O–H groups in total. The van der Waals surface area contributed by atoms with Crippen molar-refractivity contribution in [1.82, 2.24) is 19.1 Å². The Morgan fingerprint density at radius 1 is 1.27 bits per heavy atom. The highest BCUT2D eigenvalue weighted by molar-refractivity contribution is 5.85. The first kappa shape index (κ1) is 19.0. The first-order chi connectivity index (χ1) is 9.65. The molecular formula is C15H25Cl2N5. The summed E-state index contributed by atoms with van der Waals surface area (Å²) in [4.78, 5) is 8.88. The van der Waals surface area contributed by atoms with Gasteiger partial charge in [-0.1, -0.05) is 6.42 Å². The molecule has 5 nitrogen and oxygen atoms in total. The molecule has 0 saturated heterocycles. The average molecular weight is 346 g/mol. The summed E-state index contributed by atoms with van der Waals surface area (Å²) in [5, 5.41) is 0. The van der Waals surface area contributed by atoms with Crippen molar-refractivity contribution in [2.75, 3.05) is 0 Å². The van der Waals surface area contributed by atoms with E-state index in [1.807, 2.05) is 26.4 Å². The molecule has 0 amide bonds. The van der Waals surface area contributed by atoms with Gasteiger partial charge in [-0.25, -0.2) is 9.97 Å². The third-order valence-corrected chi connectivity index (χ3v) is 4.44. The maximum Gasteiger partial charge on any atom is 0.158 e. The monoisotopic (exact) mass is 345 g/mol. The maximum atomic E-state index is 6.09. The molecule has 0 radical (unpaired) electrons. The quantitative estimate of drug-likeness (QED) is 0.929. The number of aromatic nitrogens is 4. The molecule has 124 valence electrons. The standard InChI is InChI=1S/C15H23N5.2ClH/c1-11-18-9-14(19(11)2)15-17-6-7-20(15)10-12-4-3-5-13(16)8-12;;/h6-7,9,12-13H,3-5,8,10,16H2,1-2H3;2*1H/t12-,13+;;/m0../s1. The maximum absolute atomic E-state index is 6.09. The normalized spacial score (nSPS) is 21.0. The van der Waals surface area contributed by atoms with Gasteiger partial charge in [0.25, 0.3) is 0 Å². The highest BCUT2D eigenvalue weighted by Gasteiger charge is 2.21. The van der Waals surface area contributed by atoms with E-state index in [0.717, 1.165) is 30.3 Å². The van der Waals surface area contributed by atoms with E-state index in [0.29, 0.717) is 12.0 Å². The largest absolute Gasteiger partial charge is 0.329 e. The van der Waals surface area contributed by atoms with Gasteiger partial charge in [0, 0.05) is 32.0 Å². The lowest BCUT2D eigenvalue weighted by molar-refractivity contribution is 0.291. The topological polar surface area (TPSA) is 61.7 Å². The second kappa shape index (κ2) is 7.99. The molecular weight excluding hydrogens is 321 g/mol. The van der Waals surface area contributed by atoms with Crippen LogP contribution in [0, 0.1) is 12.8 Å². The van der Waals surface area contributed by atoms with E-state index in [1.165, 1.54) is 19.3 Å². The fourth-order valence-electron chi connectivity index (χ4n) is 3.18. The summed E-state index contributed by atoms with van der Waals surface area (Å²) in [5.74, 6) is 2.68. The van der Waals surface area contributed by atoms with Crippen molar-refractivity contribution < 1.29 is 0 Å². The van der Waals surface area contributed by atoms with Crippen LogP contribution in [0.4, 0.5) is 0 Å². The van der Waals surface area contributed by atoms with Crippen LogP contribution in [-0.2, 0) is 13.6 Å². The number of hydrogen-bond donors (Lipinski definition) is 1. The summed E-state index contributed by atoms with van der Waals surface area (Å²) in [6, 6.07) is 0.375. The zero-order valence-corrected chi connectivity index (χ0v) is 14.7. The molecule has 0 spiro atoms. The lowest BCUT2D eigenvalue weighted by atomic mass is 9.86. The number of imidazole rings is 2. The van der Waals surface area contributed by atoms with Crippen LogP contribution in [0.3, 0.4) is 0 Å². The van der Waals surface area contributed by atoms with Crippen LogP contribution in [0.5, 0.6) is 0 Å². The molecule has 0 unspecified atom stereocenters. The zero-order valence-electron chi connectivity index (χ0n) is 13.1. The fraction of sp³-hybridized carbons (Fsp3) is 0.600. The molecule has 2 aromatic heterocycles. The molecule has 0 aromatic carbocycles. The number of rotatable bonds is 3. The Morgan fingerprint density at radius 2 is 2.05 bits per heavy atom. The third-order valence-electron chi connectivity index (χ3n) is 4.44. The lowest BCUT2D eigenvalue weighted by Gasteiger charge is -2.27. The van der Waals surface area contributed by atoms with Crippen LogP contribution in [0.25, 0.3) is 11.5 Å². The summed E-state index contributed by atoms with van der Waals surface area (Å²) in [6.07, 6.45) is 10.7. The first-order valence-corrected chi connectivity index (χ1v) is 7.40. The van der Waals surface area contributed by atoms with Gasteiger partial charge in [0.2, 0.25) is 0 Å². The molecule has 1 aliphatic rings. The Hall–Kier alpha value is -1.04. The van der Waals surface area contributed by atoms with Crippen LogP contribution in [-0.4, -0.2) is 25.1 Å². The summed E-state index contributed by atoms with van der Waals surface area (Å²) in [6.45, 7) is 3.02. The minimum absolute atomic E-state index is 0. The smallest absolute Gasteiger partial charge is 0.158 e. The van der Waals surface area contributed by atoms with Crippen LogP contribution in [0.2, 0.25) is 0 Å². The predicted octanol–water partition coefficient (Wildman–Crippen LogP) is 2.95. The van der Waals surface area contributed by atoms with Gasteiger partial charge in [-0.3, -0.25) is 0 Å². The van der Waals surface area contributed by atoms with E-state index >= 15 is 0 Å². The number of hydrogen-bond acceptors (Lipinski definition) is 3. The van der Waals surface area contributed by atoms with Gasteiger partial charge in [0.15, 0.2) is 5.82 Å². The van der Waals surface area contributed by atoms with Gasteiger partial charge >= 0.3 is 0 Å². The predicted molar refractivity (Wildman–Crippen MR) is 93.6 cm³/mol. The number of halogens is 2. The minimum Gasteiger partial charge on any atom is -0.329 e. The SMILES string of the molecule is Cc1ncc(-c2nccn2C[C@H]2CCC[C@@H](N)C2)n1C.Cl.Cl. The Bertz CT molecular complexity index is 593. The van der Waals surface area contributed by atoms with E-state index in [9.17, 15) is 0 Å². The summed E-state index contributed by atoms with van der Waals surface area (Å²) >= 11 is 0. The molecule has 1 fully saturated rings. The Kier molecular flexibility index (Phi) is 6.91. The molecule has 1 aliphatic carbocycles. The van der Waals surface area contributed by atoms with E-state index in [2.05, 4.69) is 25.3 Å².